The minimum Gasteiger partial charge on any atom is -0.477 e. The van der Waals surface area contributed by atoms with Crippen LogP contribution in [0.2, 0.25) is 5.15 Å². The Kier molecular flexibility index (Phi) is 3.93. The van der Waals surface area contributed by atoms with E-state index in [0.29, 0.717) is 5.56 Å². The van der Waals surface area contributed by atoms with Crippen LogP contribution in [-0.4, -0.2) is 29.0 Å². The van der Waals surface area contributed by atoms with Crippen LogP contribution in [0.15, 0.2) is 29.4 Å². The van der Waals surface area contributed by atoms with Gasteiger partial charge in [-0.3, -0.25) is 4.72 Å². The number of aryl methyl sites for hydroxylation is 2. The van der Waals surface area contributed by atoms with Crippen molar-refractivity contribution in [3.05, 3.63) is 40.9 Å². The second kappa shape index (κ2) is 5.38. The molecule has 0 saturated heterocycles. The number of carboxylic acid groups (broad SMARTS) is 1. The molecule has 0 amide bonds. The summed E-state index contributed by atoms with van der Waals surface area (Å²) in [4.78, 5) is 14.6. The first-order valence-electron chi connectivity index (χ1n) is 5.75. The number of aromatic carboxylic acids is 1. The molecule has 0 aliphatic carbocycles. The molecule has 0 fully saturated rings. The first kappa shape index (κ1) is 15.3. The number of nitrogens with one attached hydrogen (secondary N) is 1. The molecule has 0 atom stereocenters. The summed E-state index contributed by atoms with van der Waals surface area (Å²) in [5, 5.41) is 9.22. The van der Waals surface area contributed by atoms with Gasteiger partial charge in [-0.25, -0.2) is 18.2 Å². The number of pyridine rings is 1. The molecule has 0 spiro atoms. The van der Waals surface area contributed by atoms with Crippen LogP contribution in [0.3, 0.4) is 0 Å². The van der Waals surface area contributed by atoms with E-state index in [1.165, 1.54) is 30.1 Å². The van der Waals surface area contributed by atoms with Crippen LogP contribution in [0.4, 0.5) is 5.69 Å². The molecule has 2 aromatic rings. The van der Waals surface area contributed by atoms with E-state index < -0.39 is 16.0 Å². The Morgan fingerprint density at radius 2 is 2.10 bits per heavy atom. The van der Waals surface area contributed by atoms with Crippen molar-refractivity contribution in [3.63, 3.8) is 0 Å². The third kappa shape index (κ3) is 3.17. The number of sulfonamides is 1. The van der Waals surface area contributed by atoms with Crippen LogP contribution >= 0.6 is 11.6 Å². The molecule has 0 aromatic carbocycles. The number of carboxylic acids is 1. The van der Waals surface area contributed by atoms with E-state index >= 15 is 0 Å². The fraction of sp³-hybridized carbons (Fsp3) is 0.167. The number of hydrogen-bond donors (Lipinski definition) is 2. The number of carbonyl (C=O) groups is 1. The van der Waals surface area contributed by atoms with Crippen molar-refractivity contribution in [2.45, 2.75) is 11.8 Å². The second-order valence-corrected chi connectivity index (χ2v) is 6.45. The first-order chi connectivity index (χ1) is 9.70. The number of anilines is 1. The van der Waals surface area contributed by atoms with Crippen molar-refractivity contribution in [1.29, 1.82) is 0 Å². The minimum absolute atomic E-state index is 0.124. The Morgan fingerprint density at radius 1 is 1.43 bits per heavy atom. The maximum Gasteiger partial charge on any atom is 0.352 e. The molecular weight excluding hydrogens is 318 g/mol. The predicted molar refractivity (Wildman–Crippen MR) is 77.2 cm³/mol. The maximum atomic E-state index is 12.2. The zero-order chi connectivity index (χ0) is 15.8. The minimum atomic E-state index is -3.90. The number of aromatic nitrogens is 2. The molecule has 7 nitrogen and oxygen atoms in total. The Morgan fingerprint density at radius 3 is 2.62 bits per heavy atom. The number of hydrogen-bond acceptors (Lipinski definition) is 4. The summed E-state index contributed by atoms with van der Waals surface area (Å²) < 4.78 is 28.0. The van der Waals surface area contributed by atoms with Crippen molar-refractivity contribution in [2.24, 2.45) is 7.05 Å². The summed E-state index contributed by atoms with van der Waals surface area (Å²) in [7, 11) is -2.44. The molecule has 0 aliphatic heterocycles. The summed E-state index contributed by atoms with van der Waals surface area (Å²) in [6.45, 7) is 1.69. The van der Waals surface area contributed by atoms with Crippen molar-refractivity contribution in [3.8, 4) is 0 Å². The van der Waals surface area contributed by atoms with Crippen LogP contribution in [-0.2, 0) is 17.1 Å². The fourth-order valence-corrected chi connectivity index (χ4v) is 2.93. The zero-order valence-electron chi connectivity index (χ0n) is 11.2. The highest BCUT2D eigenvalue weighted by molar-refractivity contribution is 7.92. The lowest BCUT2D eigenvalue weighted by atomic mass is 10.3. The molecule has 0 bridgehead atoms. The normalized spacial score (nSPS) is 11.4. The largest absolute Gasteiger partial charge is 0.477 e. The van der Waals surface area contributed by atoms with E-state index in [1.807, 2.05) is 0 Å². The Balaban J connectivity index is 2.36. The lowest BCUT2D eigenvalue weighted by Gasteiger charge is -2.07. The summed E-state index contributed by atoms with van der Waals surface area (Å²) in [5.41, 5.74) is 0.745. The number of halogens is 1. The summed E-state index contributed by atoms with van der Waals surface area (Å²) >= 11 is 5.77. The van der Waals surface area contributed by atoms with Gasteiger partial charge in [-0.05, 0) is 24.6 Å². The molecule has 0 saturated carbocycles. The fourth-order valence-electron chi connectivity index (χ4n) is 1.72. The topological polar surface area (TPSA) is 101 Å². The quantitative estimate of drug-likeness (QED) is 0.834. The van der Waals surface area contributed by atoms with Gasteiger partial charge in [-0.2, -0.15) is 0 Å². The molecule has 2 heterocycles. The Labute approximate surface area is 126 Å². The van der Waals surface area contributed by atoms with Crippen LogP contribution in [0.1, 0.15) is 16.1 Å². The van der Waals surface area contributed by atoms with E-state index in [0.717, 1.165) is 6.07 Å². The Hall–Kier alpha value is -2.06. The number of nitrogens with zero attached hydrogens (tertiary/aromatic N) is 2. The molecule has 0 radical (unpaired) electrons. The third-order valence-electron chi connectivity index (χ3n) is 2.78. The third-order valence-corrected chi connectivity index (χ3v) is 4.52. The van der Waals surface area contributed by atoms with E-state index in [-0.39, 0.29) is 21.4 Å². The molecule has 0 aliphatic rings. The van der Waals surface area contributed by atoms with E-state index in [4.69, 9.17) is 16.7 Å². The first-order valence-corrected chi connectivity index (χ1v) is 7.61. The SMILES string of the molecule is Cc1cc(NS(=O)(=O)c2cc(C(=O)O)n(C)c2)cnc1Cl. The average molecular weight is 330 g/mol. The van der Waals surface area contributed by atoms with Crippen LogP contribution in [0, 0.1) is 6.92 Å². The highest BCUT2D eigenvalue weighted by Gasteiger charge is 2.20. The standard InChI is InChI=1S/C12H12ClN3O4S/c1-7-3-8(5-14-11(7)13)15-21(19,20)9-4-10(12(17)18)16(2)6-9/h3-6,15H,1-2H3,(H,17,18). The van der Waals surface area contributed by atoms with Crippen molar-refractivity contribution >= 4 is 33.3 Å². The molecule has 2 N–H and O–H groups in total. The molecule has 9 heteroatoms. The van der Waals surface area contributed by atoms with E-state index in [2.05, 4.69) is 9.71 Å². The van der Waals surface area contributed by atoms with Gasteiger partial charge in [0.2, 0.25) is 0 Å². The van der Waals surface area contributed by atoms with Crippen LogP contribution < -0.4 is 4.72 Å². The van der Waals surface area contributed by atoms with Gasteiger partial charge in [0.05, 0.1) is 11.9 Å². The van der Waals surface area contributed by atoms with Gasteiger partial charge >= 0.3 is 5.97 Å². The monoisotopic (exact) mass is 329 g/mol. The van der Waals surface area contributed by atoms with Gasteiger partial charge in [0.25, 0.3) is 10.0 Å². The molecule has 0 unspecified atom stereocenters. The average Bonchev–Trinajstić information content (AvgIpc) is 2.77. The molecule has 2 rings (SSSR count). The van der Waals surface area contributed by atoms with Crippen LogP contribution in [0.25, 0.3) is 0 Å². The van der Waals surface area contributed by atoms with Gasteiger partial charge in [-0.1, -0.05) is 11.6 Å². The highest BCUT2D eigenvalue weighted by atomic mass is 35.5. The zero-order valence-corrected chi connectivity index (χ0v) is 12.7. The smallest absolute Gasteiger partial charge is 0.352 e. The molecule has 112 valence electrons. The predicted octanol–water partition coefficient (Wildman–Crippen LogP) is 1.88. The summed E-state index contributed by atoms with van der Waals surface area (Å²) in [6.07, 6.45) is 2.51. The van der Waals surface area contributed by atoms with Crippen molar-refractivity contribution < 1.29 is 18.3 Å². The van der Waals surface area contributed by atoms with Gasteiger partial charge in [-0.15, -0.1) is 0 Å². The lowest BCUT2D eigenvalue weighted by molar-refractivity contribution is 0.0686. The van der Waals surface area contributed by atoms with Crippen molar-refractivity contribution in [2.75, 3.05) is 4.72 Å². The van der Waals surface area contributed by atoms with Gasteiger partial charge in [0.1, 0.15) is 15.7 Å². The maximum absolute atomic E-state index is 12.2. The van der Waals surface area contributed by atoms with Gasteiger partial charge < -0.3 is 9.67 Å². The van der Waals surface area contributed by atoms with Gasteiger partial charge in [0, 0.05) is 13.2 Å². The molecule has 2 aromatic heterocycles. The highest BCUT2D eigenvalue weighted by Crippen LogP contribution is 2.21. The second-order valence-electron chi connectivity index (χ2n) is 4.41. The van der Waals surface area contributed by atoms with Crippen LogP contribution in [0.5, 0.6) is 0 Å². The summed E-state index contributed by atoms with van der Waals surface area (Å²) in [5.74, 6) is -1.21. The molecule has 21 heavy (non-hydrogen) atoms. The van der Waals surface area contributed by atoms with E-state index in [1.54, 1.807) is 6.92 Å². The number of rotatable bonds is 4. The van der Waals surface area contributed by atoms with E-state index in [9.17, 15) is 13.2 Å². The summed E-state index contributed by atoms with van der Waals surface area (Å²) in [6, 6.07) is 2.62. The van der Waals surface area contributed by atoms with Gasteiger partial charge in [0.15, 0.2) is 0 Å². The van der Waals surface area contributed by atoms with Crippen molar-refractivity contribution in [1.82, 2.24) is 9.55 Å². The lowest BCUT2D eigenvalue weighted by Crippen LogP contribution is -2.12. The molecular formula is C12H12ClN3O4S. The Bertz CT molecular complexity index is 814.